The maximum absolute atomic E-state index is 5.99. The van der Waals surface area contributed by atoms with Gasteiger partial charge in [0.25, 0.3) is 0 Å². The molecule has 0 radical (unpaired) electrons. The number of benzene rings is 2. The van der Waals surface area contributed by atoms with Crippen LogP contribution < -0.4 is 20.5 Å². The molecule has 0 saturated carbocycles. The van der Waals surface area contributed by atoms with Gasteiger partial charge in [-0.05, 0) is 24.3 Å². The predicted octanol–water partition coefficient (Wildman–Crippen LogP) is 2.97. The molecule has 6 heteroatoms. The third-order valence-corrected chi connectivity index (χ3v) is 3.29. The van der Waals surface area contributed by atoms with Crippen molar-refractivity contribution in [3.8, 4) is 11.5 Å². The van der Waals surface area contributed by atoms with Crippen molar-refractivity contribution in [3.05, 3.63) is 42.5 Å². The fraction of sp³-hybridized carbons (Fsp3) is 0.125. The highest BCUT2D eigenvalue weighted by Gasteiger charge is 2.09. The van der Waals surface area contributed by atoms with Crippen LogP contribution in [0.3, 0.4) is 0 Å². The predicted molar refractivity (Wildman–Crippen MR) is 86.8 cm³/mol. The summed E-state index contributed by atoms with van der Waals surface area (Å²) in [5, 5.41) is 3.95. The van der Waals surface area contributed by atoms with E-state index in [1.165, 1.54) is 0 Å². The maximum Gasteiger partial charge on any atom is 0.229 e. The number of fused-ring (bicyclic) bond motifs is 1. The third-order valence-electron chi connectivity index (χ3n) is 3.29. The average molecular weight is 296 g/mol. The lowest BCUT2D eigenvalue weighted by atomic mass is 10.2. The van der Waals surface area contributed by atoms with E-state index in [2.05, 4.69) is 15.3 Å². The lowest BCUT2D eigenvalue weighted by Crippen LogP contribution is -2.03. The molecule has 6 nitrogen and oxygen atoms in total. The van der Waals surface area contributed by atoms with Crippen molar-refractivity contribution in [1.29, 1.82) is 0 Å². The summed E-state index contributed by atoms with van der Waals surface area (Å²) in [6.07, 6.45) is 0. The standard InChI is InChI=1S/C16H16N4O2/c1-21-10-7-8-14(22-2)13(9-10)19-16-18-12-6-4-3-5-11(12)15(17)20-16/h3-9H,1-2H3,(H3,17,18,19,20). The zero-order valence-corrected chi connectivity index (χ0v) is 12.3. The number of ether oxygens (including phenoxy) is 2. The van der Waals surface area contributed by atoms with E-state index in [1.807, 2.05) is 42.5 Å². The number of nitrogens with zero attached hydrogens (tertiary/aromatic N) is 2. The topological polar surface area (TPSA) is 82.3 Å². The van der Waals surface area contributed by atoms with Crippen LogP contribution in [0.2, 0.25) is 0 Å². The summed E-state index contributed by atoms with van der Waals surface area (Å²) in [6.45, 7) is 0. The molecule has 0 fully saturated rings. The van der Waals surface area contributed by atoms with Crippen LogP contribution in [-0.2, 0) is 0 Å². The molecule has 3 rings (SSSR count). The van der Waals surface area contributed by atoms with Crippen molar-refractivity contribution in [2.45, 2.75) is 0 Å². The molecule has 0 unspecified atom stereocenters. The molecule has 0 aliphatic heterocycles. The fourth-order valence-corrected chi connectivity index (χ4v) is 2.19. The molecule has 22 heavy (non-hydrogen) atoms. The highest BCUT2D eigenvalue weighted by atomic mass is 16.5. The second-order valence-electron chi connectivity index (χ2n) is 4.64. The second-order valence-corrected chi connectivity index (χ2v) is 4.64. The normalized spacial score (nSPS) is 10.5. The van der Waals surface area contributed by atoms with Crippen molar-refractivity contribution in [3.63, 3.8) is 0 Å². The minimum atomic E-state index is 0.405. The number of hydrogen-bond acceptors (Lipinski definition) is 6. The monoisotopic (exact) mass is 296 g/mol. The van der Waals surface area contributed by atoms with Crippen LogP contribution in [0.1, 0.15) is 0 Å². The van der Waals surface area contributed by atoms with E-state index in [9.17, 15) is 0 Å². The minimum Gasteiger partial charge on any atom is -0.497 e. The van der Waals surface area contributed by atoms with E-state index >= 15 is 0 Å². The molecule has 0 aliphatic rings. The van der Waals surface area contributed by atoms with Crippen molar-refractivity contribution < 1.29 is 9.47 Å². The number of methoxy groups -OCH3 is 2. The Hall–Kier alpha value is -3.02. The summed E-state index contributed by atoms with van der Waals surface area (Å²) >= 11 is 0. The van der Waals surface area contributed by atoms with Gasteiger partial charge in [-0.25, -0.2) is 4.98 Å². The number of nitrogens with one attached hydrogen (secondary N) is 1. The molecule has 3 aromatic rings. The van der Waals surface area contributed by atoms with Crippen molar-refractivity contribution >= 4 is 28.4 Å². The lowest BCUT2D eigenvalue weighted by molar-refractivity contribution is 0.405. The van der Waals surface area contributed by atoms with Gasteiger partial charge in [-0.2, -0.15) is 4.98 Å². The zero-order chi connectivity index (χ0) is 15.5. The Kier molecular flexibility index (Phi) is 3.65. The Bertz CT molecular complexity index is 820. The second kappa shape index (κ2) is 5.77. The number of anilines is 3. The van der Waals surface area contributed by atoms with Gasteiger partial charge in [0.1, 0.15) is 17.3 Å². The van der Waals surface area contributed by atoms with E-state index < -0.39 is 0 Å². The molecule has 2 aromatic carbocycles. The fourth-order valence-electron chi connectivity index (χ4n) is 2.19. The molecule has 1 aromatic heterocycles. The van der Waals surface area contributed by atoms with E-state index in [4.69, 9.17) is 15.2 Å². The van der Waals surface area contributed by atoms with E-state index in [1.54, 1.807) is 14.2 Å². The summed E-state index contributed by atoms with van der Waals surface area (Å²) in [7, 11) is 3.21. The highest BCUT2D eigenvalue weighted by Crippen LogP contribution is 2.31. The third kappa shape index (κ3) is 2.58. The highest BCUT2D eigenvalue weighted by molar-refractivity contribution is 5.89. The molecule has 0 amide bonds. The first-order valence-electron chi connectivity index (χ1n) is 6.72. The number of para-hydroxylation sites is 1. The Morgan fingerprint density at radius 3 is 2.59 bits per heavy atom. The van der Waals surface area contributed by atoms with Crippen LogP contribution >= 0.6 is 0 Å². The van der Waals surface area contributed by atoms with Gasteiger partial charge in [-0.15, -0.1) is 0 Å². The summed E-state index contributed by atoms with van der Waals surface area (Å²) in [4.78, 5) is 8.75. The quantitative estimate of drug-likeness (QED) is 0.770. The largest absolute Gasteiger partial charge is 0.497 e. The lowest BCUT2D eigenvalue weighted by Gasteiger charge is -2.12. The maximum atomic E-state index is 5.99. The molecule has 0 atom stereocenters. The van der Waals surface area contributed by atoms with Crippen molar-refractivity contribution in [1.82, 2.24) is 9.97 Å². The Balaban J connectivity index is 2.02. The SMILES string of the molecule is COc1ccc(OC)c(Nc2nc(N)c3ccccc3n2)c1. The van der Waals surface area contributed by atoms with Crippen LogP contribution in [-0.4, -0.2) is 24.2 Å². The van der Waals surface area contributed by atoms with Crippen LogP contribution in [0, 0.1) is 0 Å². The Morgan fingerprint density at radius 1 is 1.00 bits per heavy atom. The Morgan fingerprint density at radius 2 is 1.82 bits per heavy atom. The molecule has 0 aliphatic carbocycles. The van der Waals surface area contributed by atoms with Gasteiger partial charge in [-0.3, -0.25) is 0 Å². The van der Waals surface area contributed by atoms with Gasteiger partial charge in [0, 0.05) is 11.5 Å². The number of aromatic nitrogens is 2. The number of nitrogen functional groups attached to an aromatic ring is 1. The number of hydrogen-bond donors (Lipinski definition) is 2. The molecule has 0 spiro atoms. The van der Waals surface area contributed by atoms with Gasteiger partial charge in [-0.1, -0.05) is 12.1 Å². The van der Waals surface area contributed by atoms with Gasteiger partial charge in [0.05, 0.1) is 25.4 Å². The Labute approximate surface area is 127 Å². The summed E-state index contributed by atoms with van der Waals surface area (Å²) in [5.41, 5.74) is 7.47. The first-order chi connectivity index (χ1) is 10.7. The molecule has 112 valence electrons. The first kappa shape index (κ1) is 13.9. The van der Waals surface area contributed by atoms with Crippen LogP contribution in [0.5, 0.6) is 11.5 Å². The molecule has 1 heterocycles. The van der Waals surface area contributed by atoms with Crippen molar-refractivity contribution in [2.24, 2.45) is 0 Å². The molecular formula is C16H16N4O2. The molecule has 0 bridgehead atoms. The zero-order valence-electron chi connectivity index (χ0n) is 12.3. The summed E-state index contributed by atoms with van der Waals surface area (Å²) < 4.78 is 10.6. The molecule has 3 N–H and O–H groups in total. The van der Waals surface area contributed by atoms with E-state index in [0.29, 0.717) is 29.0 Å². The minimum absolute atomic E-state index is 0.405. The van der Waals surface area contributed by atoms with Crippen LogP contribution in [0.25, 0.3) is 10.9 Å². The average Bonchev–Trinajstić information content (AvgIpc) is 2.55. The number of rotatable bonds is 4. The van der Waals surface area contributed by atoms with E-state index in [0.717, 1.165) is 10.9 Å². The van der Waals surface area contributed by atoms with Gasteiger partial charge in [0.2, 0.25) is 5.95 Å². The first-order valence-corrected chi connectivity index (χ1v) is 6.72. The smallest absolute Gasteiger partial charge is 0.229 e. The van der Waals surface area contributed by atoms with Gasteiger partial charge >= 0.3 is 0 Å². The van der Waals surface area contributed by atoms with Gasteiger partial charge in [0.15, 0.2) is 0 Å². The van der Waals surface area contributed by atoms with Gasteiger partial charge < -0.3 is 20.5 Å². The van der Waals surface area contributed by atoms with Crippen LogP contribution in [0.4, 0.5) is 17.5 Å². The molecule has 0 saturated heterocycles. The van der Waals surface area contributed by atoms with Crippen LogP contribution in [0.15, 0.2) is 42.5 Å². The molecular weight excluding hydrogens is 280 g/mol. The summed E-state index contributed by atoms with van der Waals surface area (Å²) in [5.74, 6) is 2.20. The van der Waals surface area contributed by atoms with Crippen molar-refractivity contribution in [2.75, 3.05) is 25.3 Å². The summed E-state index contributed by atoms with van der Waals surface area (Å²) in [6, 6.07) is 13.0. The number of nitrogens with two attached hydrogens (primary N) is 1. The van der Waals surface area contributed by atoms with E-state index in [-0.39, 0.29) is 0 Å².